The van der Waals surface area contributed by atoms with Gasteiger partial charge in [0.25, 0.3) is 0 Å². The number of hydrogen-bond donors (Lipinski definition) is 1. The predicted molar refractivity (Wildman–Crippen MR) is 70.1 cm³/mol. The van der Waals surface area contributed by atoms with Crippen LogP contribution in [-0.2, 0) is 0 Å². The molecule has 4 heteroatoms. The number of rotatable bonds is 6. The van der Waals surface area contributed by atoms with Crippen molar-refractivity contribution in [1.29, 1.82) is 5.26 Å². The van der Waals surface area contributed by atoms with Crippen LogP contribution in [0.2, 0.25) is 0 Å². The maximum atomic E-state index is 13.2. The van der Waals surface area contributed by atoms with Crippen molar-refractivity contribution in [1.82, 2.24) is 0 Å². The third-order valence-electron chi connectivity index (χ3n) is 2.76. The number of benzene rings is 1. The molecule has 0 bridgehead atoms. The van der Waals surface area contributed by atoms with Crippen LogP contribution in [0.4, 0.5) is 10.1 Å². The highest BCUT2D eigenvalue weighted by Gasteiger charge is 2.15. The van der Waals surface area contributed by atoms with Crippen LogP contribution in [0.15, 0.2) is 18.2 Å². The van der Waals surface area contributed by atoms with Crippen LogP contribution in [0.5, 0.6) is 5.75 Å². The van der Waals surface area contributed by atoms with Crippen molar-refractivity contribution in [2.75, 3.05) is 19.0 Å². The van der Waals surface area contributed by atoms with E-state index in [1.807, 2.05) is 13.8 Å². The Bertz CT molecular complexity index is 438. The van der Waals surface area contributed by atoms with Crippen LogP contribution in [0, 0.1) is 22.6 Å². The van der Waals surface area contributed by atoms with Crippen molar-refractivity contribution in [2.24, 2.45) is 5.41 Å². The van der Waals surface area contributed by atoms with Crippen LogP contribution in [-0.4, -0.2) is 13.7 Å². The predicted octanol–water partition coefficient (Wildman–Crippen LogP) is 3.58. The van der Waals surface area contributed by atoms with E-state index >= 15 is 0 Å². The summed E-state index contributed by atoms with van der Waals surface area (Å²) in [6, 6.07) is 6.95. The molecule has 0 heterocycles. The second-order valence-electron chi connectivity index (χ2n) is 4.88. The quantitative estimate of drug-likeness (QED) is 0.785. The van der Waals surface area contributed by atoms with E-state index in [-0.39, 0.29) is 17.0 Å². The highest BCUT2D eigenvalue weighted by Crippen LogP contribution is 2.23. The normalized spacial score (nSPS) is 10.8. The van der Waals surface area contributed by atoms with Gasteiger partial charge in [0.1, 0.15) is 0 Å². The zero-order chi connectivity index (χ0) is 13.6. The van der Waals surface area contributed by atoms with E-state index in [1.165, 1.54) is 13.2 Å². The molecule has 0 spiro atoms. The van der Waals surface area contributed by atoms with Crippen molar-refractivity contribution in [3.8, 4) is 11.8 Å². The van der Waals surface area contributed by atoms with Gasteiger partial charge in [-0.25, -0.2) is 4.39 Å². The molecule has 0 aromatic heterocycles. The highest BCUT2D eigenvalue weighted by atomic mass is 19.1. The summed E-state index contributed by atoms with van der Waals surface area (Å²) in [5.41, 5.74) is 0.533. The fourth-order valence-electron chi connectivity index (χ4n) is 1.59. The van der Waals surface area contributed by atoms with Crippen LogP contribution < -0.4 is 10.1 Å². The molecule has 3 nitrogen and oxygen atoms in total. The fraction of sp³-hybridized carbons (Fsp3) is 0.500. The number of methoxy groups -OCH3 is 1. The molecule has 18 heavy (non-hydrogen) atoms. The molecule has 0 unspecified atom stereocenters. The maximum absolute atomic E-state index is 13.2. The molecule has 0 radical (unpaired) electrons. The zero-order valence-electron chi connectivity index (χ0n) is 11.1. The molecule has 1 aromatic rings. The van der Waals surface area contributed by atoms with E-state index in [0.29, 0.717) is 0 Å². The first-order valence-corrected chi connectivity index (χ1v) is 5.97. The third kappa shape index (κ3) is 4.25. The third-order valence-corrected chi connectivity index (χ3v) is 2.76. The molecule has 1 rings (SSSR count). The fourth-order valence-corrected chi connectivity index (χ4v) is 1.59. The van der Waals surface area contributed by atoms with E-state index in [0.717, 1.165) is 25.1 Å². The van der Waals surface area contributed by atoms with Crippen molar-refractivity contribution >= 4 is 5.69 Å². The summed E-state index contributed by atoms with van der Waals surface area (Å²) in [6.07, 6.45) is 1.72. The van der Waals surface area contributed by atoms with E-state index in [4.69, 9.17) is 10.00 Å². The van der Waals surface area contributed by atoms with Gasteiger partial charge >= 0.3 is 0 Å². The number of nitrogens with one attached hydrogen (secondary N) is 1. The van der Waals surface area contributed by atoms with Gasteiger partial charge in [-0.05, 0) is 38.8 Å². The summed E-state index contributed by atoms with van der Waals surface area (Å²) in [5, 5.41) is 12.1. The standard InChI is InChI=1S/C14H19FN2O/c1-14(2,10-16)7-4-8-17-11-5-6-12(15)13(9-11)18-3/h5-6,9,17H,4,7-8H2,1-3H3. The first-order chi connectivity index (χ1) is 8.48. The molecule has 0 aliphatic heterocycles. The van der Waals surface area contributed by atoms with Crippen molar-refractivity contribution in [3.63, 3.8) is 0 Å². The van der Waals surface area contributed by atoms with Gasteiger partial charge in [-0.15, -0.1) is 0 Å². The van der Waals surface area contributed by atoms with Crippen molar-refractivity contribution in [2.45, 2.75) is 26.7 Å². The van der Waals surface area contributed by atoms with Gasteiger partial charge in [-0.1, -0.05) is 0 Å². The monoisotopic (exact) mass is 250 g/mol. The molecule has 98 valence electrons. The van der Waals surface area contributed by atoms with Crippen molar-refractivity contribution < 1.29 is 9.13 Å². The second-order valence-corrected chi connectivity index (χ2v) is 4.88. The summed E-state index contributed by atoms with van der Waals surface area (Å²) >= 11 is 0. The molecule has 0 saturated carbocycles. The van der Waals surface area contributed by atoms with Crippen LogP contribution in [0.25, 0.3) is 0 Å². The number of nitriles is 1. The Morgan fingerprint density at radius 2 is 2.17 bits per heavy atom. The van der Waals surface area contributed by atoms with Gasteiger partial charge in [-0.2, -0.15) is 5.26 Å². The lowest BCUT2D eigenvalue weighted by molar-refractivity contribution is 0.387. The Kier molecular flexibility index (Phi) is 4.96. The largest absolute Gasteiger partial charge is 0.494 e. The van der Waals surface area contributed by atoms with Crippen molar-refractivity contribution in [3.05, 3.63) is 24.0 Å². The molecule has 1 aromatic carbocycles. The molecule has 0 aliphatic carbocycles. The SMILES string of the molecule is COc1cc(NCCCC(C)(C)C#N)ccc1F. The molecule has 0 atom stereocenters. The lowest BCUT2D eigenvalue weighted by atomic mass is 9.90. The summed E-state index contributed by atoms with van der Waals surface area (Å²) in [5.74, 6) is -0.133. The summed E-state index contributed by atoms with van der Waals surface area (Å²) < 4.78 is 18.1. The average Bonchev–Trinajstić information content (AvgIpc) is 2.36. The van der Waals surface area contributed by atoms with Gasteiger partial charge < -0.3 is 10.1 Å². The first kappa shape index (κ1) is 14.3. The summed E-state index contributed by atoms with van der Waals surface area (Å²) in [7, 11) is 1.44. The molecular weight excluding hydrogens is 231 g/mol. The van der Waals surface area contributed by atoms with Gasteiger partial charge in [0.15, 0.2) is 11.6 Å². The van der Waals surface area contributed by atoms with Crippen LogP contribution >= 0.6 is 0 Å². The van der Waals surface area contributed by atoms with E-state index in [2.05, 4.69) is 11.4 Å². The zero-order valence-corrected chi connectivity index (χ0v) is 11.1. The lowest BCUT2D eigenvalue weighted by Gasteiger charge is -2.15. The molecule has 1 N–H and O–H groups in total. The lowest BCUT2D eigenvalue weighted by Crippen LogP contribution is -2.11. The van der Waals surface area contributed by atoms with Gasteiger partial charge in [-0.3, -0.25) is 0 Å². The Hall–Kier alpha value is -1.76. The Morgan fingerprint density at radius 1 is 1.44 bits per heavy atom. The van der Waals surface area contributed by atoms with Crippen LogP contribution in [0.3, 0.4) is 0 Å². The van der Waals surface area contributed by atoms with Gasteiger partial charge in [0, 0.05) is 18.3 Å². The minimum atomic E-state index is -0.367. The Morgan fingerprint density at radius 3 is 2.78 bits per heavy atom. The summed E-state index contributed by atoms with van der Waals surface area (Å²) in [6.45, 7) is 4.60. The topological polar surface area (TPSA) is 45.0 Å². The number of ether oxygens (including phenoxy) is 1. The minimum Gasteiger partial charge on any atom is -0.494 e. The molecule has 0 fully saturated rings. The number of anilines is 1. The second kappa shape index (κ2) is 6.25. The smallest absolute Gasteiger partial charge is 0.165 e. The first-order valence-electron chi connectivity index (χ1n) is 5.97. The minimum absolute atomic E-state index is 0.234. The van der Waals surface area contributed by atoms with E-state index in [9.17, 15) is 4.39 Å². The molecular formula is C14H19FN2O. The average molecular weight is 250 g/mol. The number of nitrogens with zero attached hydrogens (tertiary/aromatic N) is 1. The maximum Gasteiger partial charge on any atom is 0.165 e. The van der Waals surface area contributed by atoms with Gasteiger partial charge in [0.2, 0.25) is 0 Å². The molecule has 0 saturated heterocycles. The highest BCUT2D eigenvalue weighted by molar-refractivity contribution is 5.48. The van der Waals surface area contributed by atoms with Gasteiger partial charge in [0.05, 0.1) is 18.6 Å². The molecule has 0 amide bonds. The summed E-state index contributed by atoms with van der Waals surface area (Å²) in [4.78, 5) is 0. The Balaban J connectivity index is 2.43. The number of halogens is 1. The van der Waals surface area contributed by atoms with E-state index in [1.54, 1.807) is 12.1 Å². The number of hydrogen-bond acceptors (Lipinski definition) is 3. The molecule has 0 aliphatic rings. The van der Waals surface area contributed by atoms with E-state index < -0.39 is 0 Å². The Labute approximate surface area is 108 Å². The van der Waals surface area contributed by atoms with Crippen LogP contribution in [0.1, 0.15) is 26.7 Å².